The molecule has 0 fully saturated rings. The van der Waals surface area contributed by atoms with Crippen LogP contribution in [0.15, 0.2) is 42.5 Å². The number of benzene rings is 2. The SMILES string of the molecule is O=P(S)(S)Oc1cccc2ccccc12. The van der Waals surface area contributed by atoms with Gasteiger partial charge < -0.3 is 4.52 Å². The van der Waals surface area contributed by atoms with Gasteiger partial charge in [0.15, 0.2) is 0 Å². The first-order valence-electron chi connectivity index (χ1n) is 4.29. The molecule has 0 aliphatic carbocycles. The average molecular weight is 256 g/mol. The van der Waals surface area contributed by atoms with Gasteiger partial charge in [-0.3, -0.25) is 4.57 Å². The maximum Gasteiger partial charge on any atom is 0.353 e. The largest absolute Gasteiger partial charge is 0.429 e. The second-order valence-corrected chi connectivity index (χ2v) is 8.33. The molecular formula is C10H9O2PS2. The van der Waals surface area contributed by atoms with Crippen molar-refractivity contribution in [2.24, 2.45) is 0 Å². The molecule has 0 spiro atoms. The highest BCUT2D eigenvalue weighted by Gasteiger charge is 2.13. The zero-order valence-corrected chi connectivity index (χ0v) is 10.4. The lowest BCUT2D eigenvalue weighted by atomic mass is 10.1. The maximum atomic E-state index is 11.3. The summed E-state index contributed by atoms with van der Waals surface area (Å²) in [7, 11) is 0. The van der Waals surface area contributed by atoms with E-state index in [-0.39, 0.29) is 0 Å². The molecule has 0 amide bonds. The Morgan fingerprint density at radius 1 is 1.00 bits per heavy atom. The minimum atomic E-state index is -3.10. The lowest BCUT2D eigenvalue weighted by Crippen LogP contribution is -1.83. The predicted molar refractivity (Wildman–Crippen MR) is 70.2 cm³/mol. The van der Waals surface area contributed by atoms with Crippen molar-refractivity contribution in [2.45, 2.75) is 0 Å². The van der Waals surface area contributed by atoms with Crippen molar-refractivity contribution in [3.63, 3.8) is 0 Å². The molecule has 5 heteroatoms. The van der Waals surface area contributed by atoms with E-state index in [4.69, 9.17) is 4.52 Å². The normalized spacial score (nSPS) is 11.6. The summed E-state index contributed by atoms with van der Waals surface area (Å²) in [6.07, 6.45) is 0. The van der Waals surface area contributed by atoms with Gasteiger partial charge in [-0.25, -0.2) is 0 Å². The quantitative estimate of drug-likeness (QED) is 0.622. The Balaban J connectivity index is 2.56. The van der Waals surface area contributed by atoms with Crippen LogP contribution in [0.25, 0.3) is 10.8 Å². The van der Waals surface area contributed by atoms with Gasteiger partial charge in [0.05, 0.1) is 0 Å². The topological polar surface area (TPSA) is 26.3 Å². The zero-order chi connectivity index (χ0) is 10.9. The standard InChI is InChI=1S/C10H9O2PS2/c11-13(14,15)12-10-7-3-5-8-4-1-2-6-9(8)10/h1-7H,(H2,11,14,15). The molecule has 2 aromatic rings. The van der Waals surface area contributed by atoms with E-state index in [1.807, 2.05) is 36.4 Å². The third-order valence-corrected chi connectivity index (χ3v) is 2.89. The van der Waals surface area contributed by atoms with Gasteiger partial charge in [-0.05, 0) is 11.5 Å². The first kappa shape index (κ1) is 10.9. The molecular weight excluding hydrogens is 247 g/mol. The fraction of sp³-hybridized carbons (Fsp3) is 0. The monoisotopic (exact) mass is 256 g/mol. The molecule has 0 atom stereocenters. The summed E-state index contributed by atoms with van der Waals surface area (Å²) >= 11 is 7.58. The summed E-state index contributed by atoms with van der Waals surface area (Å²) in [5.74, 6) is -2.56. The third kappa shape index (κ3) is 2.71. The molecule has 2 aromatic carbocycles. The molecule has 0 aliphatic rings. The molecule has 0 bridgehead atoms. The number of fused-ring (bicyclic) bond motifs is 1. The van der Waals surface area contributed by atoms with Crippen LogP contribution in [0.3, 0.4) is 0 Å². The van der Waals surface area contributed by atoms with Crippen LogP contribution in [0.1, 0.15) is 0 Å². The Morgan fingerprint density at radius 2 is 1.67 bits per heavy atom. The van der Waals surface area contributed by atoms with Gasteiger partial charge in [0.1, 0.15) is 5.75 Å². The fourth-order valence-electron chi connectivity index (χ4n) is 1.40. The lowest BCUT2D eigenvalue weighted by Gasteiger charge is -2.10. The molecule has 0 saturated heterocycles. The van der Waals surface area contributed by atoms with Crippen LogP contribution in [-0.4, -0.2) is 0 Å². The van der Waals surface area contributed by atoms with Gasteiger partial charge in [0.25, 0.3) is 0 Å². The summed E-state index contributed by atoms with van der Waals surface area (Å²) in [5.41, 5.74) is 0. The van der Waals surface area contributed by atoms with Gasteiger partial charge in [-0.15, -0.1) is 0 Å². The second-order valence-electron chi connectivity index (χ2n) is 3.06. The van der Waals surface area contributed by atoms with E-state index >= 15 is 0 Å². The number of hydrogen-bond acceptors (Lipinski definition) is 2. The van der Waals surface area contributed by atoms with Crippen LogP contribution < -0.4 is 4.52 Å². The predicted octanol–water partition coefficient (Wildman–Crippen LogP) is 4.19. The highest BCUT2D eigenvalue weighted by atomic mass is 33.1. The summed E-state index contributed by atoms with van der Waals surface area (Å²) in [6, 6.07) is 13.3. The summed E-state index contributed by atoms with van der Waals surface area (Å²) in [6.45, 7) is 0. The number of rotatable bonds is 2. The van der Waals surface area contributed by atoms with E-state index < -0.39 is 5.77 Å². The van der Waals surface area contributed by atoms with Gasteiger partial charge in [-0.1, -0.05) is 60.9 Å². The van der Waals surface area contributed by atoms with Gasteiger partial charge in [-0.2, -0.15) is 0 Å². The molecule has 0 radical (unpaired) electrons. The maximum absolute atomic E-state index is 11.3. The van der Waals surface area contributed by atoms with Crippen LogP contribution in [0, 0.1) is 0 Å². The molecule has 0 aliphatic heterocycles. The van der Waals surface area contributed by atoms with E-state index in [1.54, 1.807) is 6.07 Å². The second kappa shape index (κ2) is 4.12. The third-order valence-electron chi connectivity index (χ3n) is 1.97. The van der Waals surface area contributed by atoms with Gasteiger partial charge >= 0.3 is 5.77 Å². The van der Waals surface area contributed by atoms with Crippen molar-refractivity contribution in [3.05, 3.63) is 42.5 Å². The Kier molecular flexibility index (Phi) is 3.01. The van der Waals surface area contributed by atoms with Crippen molar-refractivity contribution in [1.82, 2.24) is 0 Å². The van der Waals surface area contributed by atoms with E-state index in [0.29, 0.717) is 5.75 Å². The summed E-state index contributed by atoms with van der Waals surface area (Å²) in [4.78, 5) is 0. The first-order valence-corrected chi connectivity index (χ1v) is 8.22. The zero-order valence-electron chi connectivity index (χ0n) is 7.70. The summed E-state index contributed by atoms with van der Waals surface area (Å²) in [5, 5.41) is 1.94. The highest BCUT2D eigenvalue weighted by Crippen LogP contribution is 2.56. The van der Waals surface area contributed by atoms with Gasteiger partial charge in [0, 0.05) is 5.39 Å². The number of thiol groups is 2. The van der Waals surface area contributed by atoms with Crippen LogP contribution in [-0.2, 0) is 4.57 Å². The van der Waals surface area contributed by atoms with Crippen LogP contribution in [0.4, 0.5) is 0 Å². The molecule has 15 heavy (non-hydrogen) atoms. The van der Waals surface area contributed by atoms with Crippen LogP contribution >= 0.6 is 30.3 Å². The summed E-state index contributed by atoms with van der Waals surface area (Å²) < 4.78 is 16.5. The Labute approximate surface area is 98.4 Å². The fourth-order valence-corrected chi connectivity index (χ4v) is 2.35. The molecule has 2 nitrogen and oxygen atoms in total. The van der Waals surface area contributed by atoms with E-state index in [9.17, 15) is 4.57 Å². The van der Waals surface area contributed by atoms with Crippen LogP contribution in [0.5, 0.6) is 5.75 Å². The van der Waals surface area contributed by atoms with Gasteiger partial charge in [0.2, 0.25) is 0 Å². The molecule has 2 rings (SSSR count). The van der Waals surface area contributed by atoms with Crippen molar-refractivity contribution < 1.29 is 9.09 Å². The van der Waals surface area contributed by atoms with Crippen molar-refractivity contribution in [1.29, 1.82) is 0 Å². The first-order chi connectivity index (χ1) is 7.06. The molecule has 0 unspecified atom stereocenters. The van der Waals surface area contributed by atoms with E-state index in [2.05, 4.69) is 24.5 Å². The minimum Gasteiger partial charge on any atom is -0.429 e. The van der Waals surface area contributed by atoms with Crippen molar-refractivity contribution in [3.8, 4) is 5.75 Å². The number of hydrogen-bond donors (Lipinski definition) is 2. The Morgan fingerprint density at radius 3 is 2.40 bits per heavy atom. The highest BCUT2D eigenvalue weighted by molar-refractivity contribution is 8.79. The van der Waals surface area contributed by atoms with Crippen molar-refractivity contribution in [2.75, 3.05) is 0 Å². The molecule has 0 saturated carbocycles. The molecule has 0 aromatic heterocycles. The Bertz CT molecular complexity index is 530. The van der Waals surface area contributed by atoms with Crippen LogP contribution in [0.2, 0.25) is 0 Å². The average Bonchev–Trinajstić information content (AvgIpc) is 2.16. The smallest absolute Gasteiger partial charge is 0.353 e. The van der Waals surface area contributed by atoms with E-state index in [0.717, 1.165) is 10.8 Å². The Hall–Kier alpha value is -0.570. The van der Waals surface area contributed by atoms with Crippen molar-refractivity contribution >= 4 is 41.0 Å². The molecule has 78 valence electrons. The minimum absolute atomic E-state index is 0.543. The lowest BCUT2D eigenvalue weighted by molar-refractivity contribution is 0.519. The molecule has 0 N–H and O–H groups in total. The molecule has 0 heterocycles. The van der Waals surface area contributed by atoms with E-state index in [1.165, 1.54) is 0 Å².